The Balaban J connectivity index is 0.00000261. The van der Waals surface area contributed by atoms with Crippen molar-refractivity contribution < 1.29 is 4.79 Å². The third-order valence-electron chi connectivity index (χ3n) is 4.65. The Labute approximate surface area is 178 Å². The van der Waals surface area contributed by atoms with Crippen LogP contribution in [0.25, 0.3) is 0 Å². The summed E-state index contributed by atoms with van der Waals surface area (Å²) in [4.78, 5) is 18.6. The van der Waals surface area contributed by atoms with Crippen LogP contribution in [-0.2, 0) is 11.2 Å². The van der Waals surface area contributed by atoms with Crippen LogP contribution < -0.4 is 11.1 Å². The number of carbonyl (C=O) groups is 1. The van der Waals surface area contributed by atoms with E-state index in [0.29, 0.717) is 18.9 Å². The molecule has 2 aromatic carbocycles. The molecule has 1 amide bonds. The minimum Gasteiger partial charge on any atom is -0.370 e. The van der Waals surface area contributed by atoms with E-state index >= 15 is 0 Å². The van der Waals surface area contributed by atoms with Gasteiger partial charge >= 0.3 is 0 Å². The fourth-order valence-corrected chi connectivity index (χ4v) is 3.15. The number of guanidine groups is 1. The van der Waals surface area contributed by atoms with E-state index in [0.717, 1.165) is 25.2 Å². The average Bonchev–Trinajstić information content (AvgIpc) is 3.01. The van der Waals surface area contributed by atoms with Crippen molar-refractivity contribution in [1.29, 1.82) is 0 Å². The summed E-state index contributed by atoms with van der Waals surface area (Å²) in [6, 6.07) is 18.3. The third-order valence-corrected chi connectivity index (χ3v) is 4.65. The lowest BCUT2D eigenvalue weighted by atomic mass is 10.1. The van der Waals surface area contributed by atoms with Crippen molar-refractivity contribution in [2.24, 2.45) is 16.6 Å². The molecule has 1 fully saturated rings. The van der Waals surface area contributed by atoms with Crippen molar-refractivity contribution in [1.82, 2.24) is 4.90 Å². The molecule has 2 aromatic rings. The molecule has 1 unspecified atom stereocenters. The molecule has 1 aliphatic heterocycles. The molecular formula is C21H27IN4O. The van der Waals surface area contributed by atoms with Crippen LogP contribution in [-0.4, -0.2) is 36.4 Å². The van der Waals surface area contributed by atoms with Gasteiger partial charge in [0.15, 0.2) is 5.96 Å². The van der Waals surface area contributed by atoms with E-state index in [9.17, 15) is 4.79 Å². The van der Waals surface area contributed by atoms with Gasteiger partial charge in [-0.05, 0) is 31.0 Å². The van der Waals surface area contributed by atoms with Gasteiger partial charge in [0.1, 0.15) is 0 Å². The molecule has 0 saturated carbocycles. The van der Waals surface area contributed by atoms with Gasteiger partial charge in [-0.25, -0.2) is 0 Å². The Morgan fingerprint density at radius 2 is 1.89 bits per heavy atom. The van der Waals surface area contributed by atoms with Crippen LogP contribution in [0.5, 0.6) is 0 Å². The first-order valence-electron chi connectivity index (χ1n) is 9.05. The Morgan fingerprint density at radius 1 is 1.19 bits per heavy atom. The van der Waals surface area contributed by atoms with Gasteiger partial charge in [0.05, 0.1) is 0 Å². The lowest BCUT2D eigenvalue weighted by Gasteiger charge is -2.16. The van der Waals surface area contributed by atoms with Crippen molar-refractivity contribution in [2.75, 3.05) is 25.0 Å². The van der Waals surface area contributed by atoms with Gasteiger partial charge in [-0.2, -0.15) is 0 Å². The number of benzene rings is 2. The molecule has 3 rings (SSSR count). The maximum absolute atomic E-state index is 12.2. The number of rotatable bonds is 6. The Hall–Kier alpha value is -2.09. The monoisotopic (exact) mass is 478 g/mol. The summed E-state index contributed by atoms with van der Waals surface area (Å²) in [5.41, 5.74) is 9.34. The summed E-state index contributed by atoms with van der Waals surface area (Å²) >= 11 is 0. The Kier molecular flexibility index (Phi) is 8.09. The minimum absolute atomic E-state index is 0. The number of nitrogens with zero attached hydrogens (tertiary/aromatic N) is 2. The summed E-state index contributed by atoms with van der Waals surface area (Å²) in [5.74, 6) is 0.840. The first-order valence-corrected chi connectivity index (χ1v) is 9.05. The number of carbonyl (C=O) groups excluding carboxylic acids is 1. The molecule has 0 aromatic heterocycles. The van der Waals surface area contributed by atoms with Gasteiger partial charge in [0.25, 0.3) is 0 Å². The minimum atomic E-state index is 0. The van der Waals surface area contributed by atoms with Gasteiger partial charge in [-0.1, -0.05) is 48.0 Å². The highest BCUT2D eigenvalue weighted by molar-refractivity contribution is 14.0. The normalized spacial score (nSPS) is 16.9. The van der Waals surface area contributed by atoms with Crippen molar-refractivity contribution in [3.63, 3.8) is 0 Å². The van der Waals surface area contributed by atoms with E-state index < -0.39 is 0 Å². The van der Waals surface area contributed by atoms with Crippen LogP contribution in [0.1, 0.15) is 17.5 Å². The lowest BCUT2D eigenvalue weighted by molar-refractivity contribution is -0.127. The number of amides is 1. The zero-order valence-corrected chi connectivity index (χ0v) is 17.9. The summed E-state index contributed by atoms with van der Waals surface area (Å²) in [6.45, 7) is 4.13. The maximum atomic E-state index is 12.2. The van der Waals surface area contributed by atoms with Crippen LogP contribution >= 0.6 is 24.0 Å². The van der Waals surface area contributed by atoms with E-state index in [2.05, 4.69) is 22.4 Å². The number of likely N-dealkylation sites (tertiary alicyclic amines) is 1. The molecule has 1 atom stereocenters. The third kappa shape index (κ3) is 6.53. The molecule has 1 heterocycles. The van der Waals surface area contributed by atoms with Crippen molar-refractivity contribution in [2.45, 2.75) is 19.8 Å². The highest BCUT2D eigenvalue weighted by Gasteiger charge is 2.28. The predicted octanol–water partition coefficient (Wildman–Crippen LogP) is 3.43. The molecule has 3 N–H and O–H groups in total. The zero-order chi connectivity index (χ0) is 18.4. The van der Waals surface area contributed by atoms with Crippen LogP contribution in [0.3, 0.4) is 0 Å². The second-order valence-electron chi connectivity index (χ2n) is 6.86. The molecular weight excluding hydrogens is 451 g/mol. The van der Waals surface area contributed by atoms with E-state index in [1.165, 1.54) is 11.1 Å². The Bertz CT molecular complexity index is 762. The van der Waals surface area contributed by atoms with E-state index in [1.807, 2.05) is 54.3 Å². The first kappa shape index (κ1) is 21.2. The largest absolute Gasteiger partial charge is 0.370 e. The van der Waals surface area contributed by atoms with Crippen molar-refractivity contribution in [3.8, 4) is 0 Å². The molecule has 1 aliphatic rings. The second kappa shape index (κ2) is 10.3. The highest BCUT2D eigenvalue weighted by Crippen LogP contribution is 2.18. The number of aliphatic imine (C=N–C) groups is 1. The van der Waals surface area contributed by atoms with Crippen LogP contribution in [0, 0.1) is 12.8 Å². The molecule has 6 heteroatoms. The molecule has 0 aliphatic carbocycles. The number of hydrogen-bond acceptors (Lipinski definition) is 2. The molecule has 0 bridgehead atoms. The number of nitrogens with one attached hydrogen (secondary N) is 1. The molecule has 0 spiro atoms. The molecule has 5 nitrogen and oxygen atoms in total. The SMILES string of the molecule is Cc1ccc(NC(N)=NCC2CC(=O)N(CCc3ccccc3)C2)cc1.I. The molecule has 144 valence electrons. The summed E-state index contributed by atoms with van der Waals surface area (Å²) in [6.07, 6.45) is 1.44. The van der Waals surface area contributed by atoms with E-state index in [-0.39, 0.29) is 35.8 Å². The van der Waals surface area contributed by atoms with Gasteiger partial charge in [-0.15, -0.1) is 24.0 Å². The number of halogens is 1. The fraction of sp³-hybridized carbons (Fsp3) is 0.333. The van der Waals surface area contributed by atoms with Crippen molar-refractivity contribution >= 4 is 41.5 Å². The van der Waals surface area contributed by atoms with Crippen LogP contribution in [0.4, 0.5) is 5.69 Å². The molecule has 27 heavy (non-hydrogen) atoms. The number of aryl methyl sites for hydroxylation is 1. The van der Waals surface area contributed by atoms with Gasteiger partial charge in [0, 0.05) is 37.7 Å². The van der Waals surface area contributed by atoms with Crippen molar-refractivity contribution in [3.05, 3.63) is 65.7 Å². The molecule has 0 radical (unpaired) electrons. The predicted molar refractivity (Wildman–Crippen MR) is 122 cm³/mol. The maximum Gasteiger partial charge on any atom is 0.223 e. The zero-order valence-electron chi connectivity index (χ0n) is 15.6. The number of hydrogen-bond donors (Lipinski definition) is 2. The Morgan fingerprint density at radius 3 is 2.59 bits per heavy atom. The second-order valence-corrected chi connectivity index (χ2v) is 6.86. The standard InChI is InChI=1S/C21H26N4O.HI/c1-16-7-9-19(10-8-16)24-21(22)23-14-18-13-20(26)25(15-18)12-11-17-5-3-2-4-6-17;/h2-10,18H,11-15H2,1H3,(H3,22,23,24);1H. The van der Waals surface area contributed by atoms with Gasteiger partial charge < -0.3 is 16.0 Å². The van der Waals surface area contributed by atoms with Crippen LogP contribution in [0.15, 0.2) is 59.6 Å². The first-order chi connectivity index (χ1) is 12.6. The van der Waals surface area contributed by atoms with E-state index in [4.69, 9.17) is 5.73 Å². The van der Waals surface area contributed by atoms with Gasteiger partial charge in [-0.3, -0.25) is 9.79 Å². The average molecular weight is 478 g/mol. The topological polar surface area (TPSA) is 70.7 Å². The highest BCUT2D eigenvalue weighted by atomic mass is 127. The van der Waals surface area contributed by atoms with E-state index in [1.54, 1.807) is 0 Å². The number of anilines is 1. The number of nitrogens with two attached hydrogens (primary N) is 1. The molecule has 1 saturated heterocycles. The summed E-state index contributed by atoms with van der Waals surface area (Å²) < 4.78 is 0. The van der Waals surface area contributed by atoms with Gasteiger partial charge in [0.2, 0.25) is 5.91 Å². The quantitative estimate of drug-likeness (QED) is 0.380. The smallest absolute Gasteiger partial charge is 0.223 e. The summed E-state index contributed by atoms with van der Waals surface area (Å²) in [5, 5.41) is 3.09. The van der Waals surface area contributed by atoms with Crippen LogP contribution in [0.2, 0.25) is 0 Å². The fourth-order valence-electron chi connectivity index (χ4n) is 3.15. The lowest BCUT2D eigenvalue weighted by Crippen LogP contribution is -2.28. The summed E-state index contributed by atoms with van der Waals surface area (Å²) in [7, 11) is 0.